The SMILES string of the molecule is O=C(Oc1c2cccc1Cc1cc(N=Nc3cccnc3)cc(c1OC(=O)c1ccccc1)Cc1cccc(c1OC(=O)c1ccccc1)Cc1cc(N=Nc3cccnc3)cc(c1OC(=O)c1ccccc1)C2)c1ccccc1. The highest BCUT2D eigenvalue weighted by Crippen LogP contribution is 2.43. The highest BCUT2D eigenvalue weighted by molar-refractivity contribution is 5.94. The lowest BCUT2D eigenvalue weighted by Crippen LogP contribution is -2.15. The minimum Gasteiger partial charge on any atom is -0.422 e. The van der Waals surface area contributed by atoms with Gasteiger partial charge in [-0.2, -0.15) is 10.2 Å². The van der Waals surface area contributed by atoms with Crippen LogP contribution in [0, 0.1) is 0 Å². The fourth-order valence-corrected chi connectivity index (χ4v) is 9.25. The predicted molar refractivity (Wildman–Crippen MR) is 299 cm³/mol. The van der Waals surface area contributed by atoms with Gasteiger partial charge in [-0.25, -0.2) is 19.2 Å². The molecule has 0 N–H and O–H groups in total. The molecule has 0 amide bonds. The largest absolute Gasteiger partial charge is 0.422 e. The van der Waals surface area contributed by atoms with Gasteiger partial charge in [-0.3, -0.25) is 9.97 Å². The number of hydrogen-bond donors (Lipinski definition) is 0. The van der Waals surface area contributed by atoms with Gasteiger partial charge in [0.1, 0.15) is 34.4 Å². The lowest BCUT2D eigenvalue weighted by atomic mass is 9.90. The number of rotatable bonds is 12. The molecular formula is C66H46N6O8. The number of nitrogens with zero attached hydrogens (tertiary/aromatic N) is 6. The number of hydrogen-bond acceptors (Lipinski definition) is 14. The van der Waals surface area contributed by atoms with Gasteiger partial charge in [0.05, 0.1) is 46.0 Å². The van der Waals surface area contributed by atoms with Crippen molar-refractivity contribution < 1.29 is 38.1 Å². The van der Waals surface area contributed by atoms with Crippen LogP contribution in [-0.2, 0) is 25.7 Å². The molecule has 388 valence electrons. The van der Waals surface area contributed by atoms with E-state index in [0.717, 1.165) is 0 Å². The maximum Gasteiger partial charge on any atom is 0.343 e. The average molecular weight is 1050 g/mol. The first-order valence-electron chi connectivity index (χ1n) is 25.5. The van der Waals surface area contributed by atoms with Crippen molar-refractivity contribution in [1.29, 1.82) is 0 Å². The molecular weight excluding hydrogens is 1000 g/mol. The quantitative estimate of drug-likeness (QED) is 0.0649. The average Bonchev–Trinajstić information content (AvgIpc) is 3.51. The minimum absolute atomic E-state index is 0.0161. The van der Waals surface area contributed by atoms with Crippen LogP contribution in [0.3, 0.4) is 0 Å². The van der Waals surface area contributed by atoms with E-state index in [0.29, 0.717) is 89.5 Å². The van der Waals surface area contributed by atoms with E-state index < -0.39 is 23.9 Å². The number of esters is 4. The Bertz CT molecular complexity index is 3610. The summed E-state index contributed by atoms with van der Waals surface area (Å²) in [5.41, 5.74) is 6.99. The maximum atomic E-state index is 14.4. The summed E-state index contributed by atoms with van der Waals surface area (Å²) in [5.74, 6) is -1.70. The highest BCUT2D eigenvalue weighted by atomic mass is 16.5. The van der Waals surface area contributed by atoms with E-state index in [2.05, 4.69) is 20.2 Å². The van der Waals surface area contributed by atoms with E-state index in [1.54, 1.807) is 195 Å². The number of aromatic nitrogens is 2. The molecule has 8 bridgehead atoms. The third kappa shape index (κ3) is 12.2. The molecule has 80 heavy (non-hydrogen) atoms. The highest BCUT2D eigenvalue weighted by Gasteiger charge is 2.27. The van der Waals surface area contributed by atoms with Gasteiger partial charge in [0.25, 0.3) is 0 Å². The molecule has 1 aliphatic rings. The van der Waals surface area contributed by atoms with E-state index in [9.17, 15) is 19.2 Å². The first kappa shape index (κ1) is 51.3. The number of carbonyl (C=O) groups is 4. The first-order chi connectivity index (χ1) is 39.3. The zero-order valence-corrected chi connectivity index (χ0v) is 42.7. The molecule has 0 atom stereocenters. The molecule has 10 aromatic rings. The van der Waals surface area contributed by atoms with Crippen LogP contribution in [0.15, 0.2) is 252 Å². The Hall–Kier alpha value is -10.9. The van der Waals surface area contributed by atoms with Gasteiger partial charge in [0.2, 0.25) is 0 Å². The third-order valence-electron chi connectivity index (χ3n) is 13.0. The number of fused-ring (bicyclic) bond motifs is 8. The fourth-order valence-electron chi connectivity index (χ4n) is 9.25. The number of azo groups is 2. The second-order valence-electron chi connectivity index (χ2n) is 18.5. The summed E-state index contributed by atoms with van der Waals surface area (Å²) in [7, 11) is 0. The molecule has 11 rings (SSSR count). The number of pyridine rings is 2. The first-order valence-corrected chi connectivity index (χ1v) is 25.5. The van der Waals surface area contributed by atoms with Crippen molar-refractivity contribution in [2.75, 3.05) is 0 Å². The van der Waals surface area contributed by atoms with Gasteiger partial charge in [0.15, 0.2) is 0 Å². The van der Waals surface area contributed by atoms with E-state index in [1.807, 2.05) is 36.4 Å². The molecule has 0 fully saturated rings. The van der Waals surface area contributed by atoms with Crippen LogP contribution in [0.2, 0.25) is 0 Å². The monoisotopic (exact) mass is 1050 g/mol. The Morgan fingerprint density at radius 3 is 0.812 bits per heavy atom. The van der Waals surface area contributed by atoms with Gasteiger partial charge < -0.3 is 18.9 Å². The van der Waals surface area contributed by atoms with Crippen molar-refractivity contribution in [3.05, 3.63) is 298 Å². The van der Waals surface area contributed by atoms with Crippen molar-refractivity contribution in [2.45, 2.75) is 25.7 Å². The molecule has 0 saturated carbocycles. The van der Waals surface area contributed by atoms with Crippen molar-refractivity contribution >= 4 is 46.6 Å². The summed E-state index contributed by atoms with van der Waals surface area (Å²) in [6.45, 7) is 0. The normalized spacial score (nSPS) is 11.9. The summed E-state index contributed by atoms with van der Waals surface area (Å²) in [5, 5.41) is 18.4. The Morgan fingerprint density at radius 1 is 0.287 bits per heavy atom. The van der Waals surface area contributed by atoms with Crippen molar-refractivity contribution in [1.82, 2.24) is 9.97 Å². The van der Waals surface area contributed by atoms with Crippen molar-refractivity contribution in [2.24, 2.45) is 20.5 Å². The number of ether oxygens (including phenoxy) is 4. The van der Waals surface area contributed by atoms with E-state index in [4.69, 9.17) is 29.2 Å². The molecule has 14 nitrogen and oxygen atoms in total. The number of benzene rings is 8. The standard InChI is InChI=1S/C66H46N6O8/c73-63(43-17-5-1-6-18-43)77-59-47-25-13-26-48(59)34-52-38-58(72-70-56-30-16-32-68-42-56)40-54(62(52)80-66(76)46-23-11-4-12-24-46)36-50-28-14-27-49(60(50)78-64(74)44-19-7-2-8-20-44)35-53-39-57(71-69-55-29-15-31-67-41-55)37-51(33-47)61(53)79-65(75)45-21-9-3-10-22-45/h1-32,37-42H,33-36H2. The summed E-state index contributed by atoms with van der Waals surface area (Å²) in [6, 6.07) is 59.7. The molecule has 0 aliphatic heterocycles. The molecule has 14 heteroatoms. The predicted octanol–water partition coefficient (Wildman–Crippen LogP) is 14.9. The zero-order chi connectivity index (χ0) is 54.6. The third-order valence-corrected chi connectivity index (χ3v) is 13.0. The molecule has 0 radical (unpaired) electrons. The zero-order valence-electron chi connectivity index (χ0n) is 42.7. The summed E-state index contributed by atoms with van der Waals surface area (Å²) < 4.78 is 26.1. The molecule has 1 aliphatic carbocycles. The van der Waals surface area contributed by atoms with Crippen LogP contribution in [0.25, 0.3) is 0 Å². The van der Waals surface area contributed by atoms with Gasteiger partial charge in [-0.05, 0) is 119 Å². The van der Waals surface area contributed by atoms with Crippen LogP contribution in [0.4, 0.5) is 22.7 Å². The summed E-state index contributed by atoms with van der Waals surface area (Å²) in [4.78, 5) is 66.0. The molecule has 2 aromatic heterocycles. The fraction of sp³-hybridized carbons (Fsp3) is 0.0606. The molecule has 8 aromatic carbocycles. The van der Waals surface area contributed by atoms with Crippen LogP contribution < -0.4 is 18.9 Å². The molecule has 0 saturated heterocycles. The Morgan fingerprint density at radius 2 is 0.550 bits per heavy atom. The molecule has 2 heterocycles. The van der Waals surface area contributed by atoms with Gasteiger partial charge >= 0.3 is 23.9 Å². The van der Waals surface area contributed by atoms with Crippen molar-refractivity contribution in [3.63, 3.8) is 0 Å². The van der Waals surface area contributed by atoms with Gasteiger partial charge in [-0.1, -0.05) is 109 Å². The molecule has 0 unspecified atom stereocenters. The lowest BCUT2D eigenvalue weighted by Gasteiger charge is -2.22. The lowest BCUT2D eigenvalue weighted by molar-refractivity contribution is 0.0722. The van der Waals surface area contributed by atoms with Crippen molar-refractivity contribution in [3.8, 4) is 23.0 Å². The van der Waals surface area contributed by atoms with Crippen LogP contribution in [0.5, 0.6) is 23.0 Å². The Balaban J connectivity index is 1.18. The van der Waals surface area contributed by atoms with E-state index in [-0.39, 0.29) is 48.7 Å². The van der Waals surface area contributed by atoms with Crippen LogP contribution >= 0.6 is 0 Å². The van der Waals surface area contributed by atoms with Gasteiger partial charge in [-0.15, -0.1) is 10.2 Å². The topological polar surface area (TPSA) is 180 Å². The second-order valence-corrected chi connectivity index (χ2v) is 18.5. The minimum atomic E-state index is -0.631. The number of carbonyl (C=O) groups excluding carboxylic acids is 4. The second kappa shape index (κ2) is 24.0. The Labute approximate surface area is 459 Å². The van der Waals surface area contributed by atoms with E-state index >= 15 is 0 Å². The smallest absolute Gasteiger partial charge is 0.343 e. The Kier molecular flexibility index (Phi) is 15.4. The molecule has 0 spiro atoms. The van der Waals surface area contributed by atoms with E-state index in [1.165, 1.54) is 0 Å². The number of para-hydroxylation sites is 2. The van der Waals surface area contributed by atoms with Crippen LogP contribution in [0.1, 0.15) is 85.9 Å². The summed E-state index contributed by atoms with van der Waals surface area (Å²) >= 11 is 0. The van der Waals surface area contributed by atoms with Crippen LogP contribution in [-0.4, -0.2) is 33.8 Å². The summed E-state index contributed by atoms with van der Waals surface area (Å²) in [6.07, 6.45) is 6.51. The maximum absolute atomic E-state index is 14.4. The van der Waals surface area contributed by atoms with Gasteiger partial charge in [0, 0.05) is 60.3 Å².